The maximum atomic E-state index is 12.8. The summed E-state index contributed by atoms with van der Waals surface area (Å²) in [5.41, 5.74) is 11.6. The van der Waals surface area contributed by atoms with Crippen molar-refractivity contribution in [3.05, 3.63) is 126 Å². The summed E-state index contributed by atoms with van der Waals surface area (Å²) >= 11 is 1.44. The summed E-state index contributed by atoms with van der Waals surface area (Å²) < 4.78 is 9.13. The number of carbonyl (C=O) groups excluding carboxylic acids is 1. The Kier molecular flexibility index (Phi) is 12.9. The molecule has 6 N–H and O–H groups in total. The number of hydrogen-bond donors (Lipinski definition) is 5. The van der Waals surface area contributed by atoms with Crippen LogP contribution in [0.15, 0.2) is 150 Å². The molecular weight excluding hydrogens is 749 g/mol. The average molecular weight is 779 g/mol. The number of nitrogens with one attached hydrogen (secondary N) is 1. The highest BCUT2D eigenvalue weighted by atomic mass is 32.2. The molecule has 6 aromatic carbocycles. The van der Waals surface area contributed by atoms with Gasteiger partial charge in [-0.25, -0.2) is 10.5 Å². The summed E-state index contributed by atoms with van der Waals surface area (Å²) in [4.78, 5) is 13.7. The number of nitrogen functional groups attached to an aromatic ring is 1. The van der Waals surface area contributed by atoms with Crippen LogP contribution in [0.3, 0.4) is 0 Å². The second-order valence-electron chi connectivity index (χ2n) is 11.6. The number of nitrogens with two attached hydrogens (primary N) is 1. The van der Waals surface area contributed by atoms with E-state index in [-0.39, 0.29) is 22.2 Å². The van der Waals surface area contributed by atoms with Crippen LogP contribution in [-0.4, -0.2) is 21.5 Å². The van der Waals surface area contributed by atoms with E-state index in [2.05, 4.69) is 54.7 Å². The number of benzene rings is 6. The molecule has 55 heavy (non-hydrogen) atoms. The summed E-state index contributed by atoms with van der Waals surface area (Å²) in [6, 6.07) is 30.8. The Balaban J connectivity index is 1.17. The molecule has 0 atom stereocenters. The first-order valence-electron chi connectivity index (χ1n) is 16.0. The van der Waals surface area contributed by atoms with Crippen molar-refractivity contribution in [2.45, 2.75) is 23.6 Å². The first-order valence-corrected chi connectivity index (χ1v) is 17.5. The van der Waals surface area contributed by atoms with Gasteiger partial charge in [-0.05, 0) is 133 Å². The van der Waals surface area contributed by atoms with Crippen LogP contribution in [0.4, 0.5) is 45.5 Å². The summed E-state index contributed by atoms with van der Waals surface area (Å²) in [5.74, 6) is -0.544. The minimum absolute atomic E-state index is 0.0623. The van der Waals surface area contributed by atoms with Crippen molar-refractivity contribution in [3.63, 3.8) is 0 Å². The van der Waals surface area contributed by atoms with Crippen LogP contribution >= 0.6 is 24.1 Å². The fraction of sp³-hybridized carbons (Fsp3) is 0.0541. The summed E-state index contributed by atoms with van der Waals surface area (Å²) in [6.07, 6.45) is 0. The number of phenols is 1. The van der Waals surface area contributed by atoms with Crippen molar-refractivity contribution in [2.75, 3.05) is 11.1 Å². The molecule has 1 amide bonds. The van der Waals surface area contributed by atoms with Crippen molar-refractivity contribution in [1.82, 2.24) is 0 Å². The lowest BCUT2D eigenvalue weighted by Crippen LogP contribution is -2.11. The highest BCUT2D eigenvalue weighted by Crippen LogP contribution is 2.45. The highest BCUT2D eigenvalue weighted by Gasteiger charge is 2.17. The first kappa shape index (κ1) is 38.6. The van der Waals surface area contributed by atoms with E-state index in [1.54, 1.807) is 103 Å². The number of rotatable bonds is 14. The fourth-order valence-electron chi connectivity index (χ4n) is 5.05. The topological polar surface area (TPSA) is 227 Å². The lowest BCUT2D eigenvalue weighted by atomic mass is 10.1. The minimum Gasteiger partial charge on any atom is -0.505 e. The molecular formula is C37H30N8O8S2. The molecule has 0 aliphatic carbocycles. The van der Waals surface area contributed by atoms with Crippen LogP contribution in [0.5, 0.6) is 5.75 Å². The monoisotopic (exact) mass is 778 g/mol. The Labute approximate surface area is 321 Å². The Bertz CT molecular complexity index is 2410. The zero-order valence-corrected chi connectivity index (χ0v) is 30.5. The van der Waals surface area contributed by atoms with Crippen LogP contribution in [0.2, 0.25) is 0 Å². The molecule has 0 bridgehead atoms. The van der Waals surface area contributed by atoms with Gasteiger partial charge in [-0.1, -0.05) is 16.1 Å². The van der Waals surface area contributed by atoms with Gasteiger partial charge in [0.05, 0.1) is 57.4 Å². The third kappa shape index (κ3) is 10.1. The van der Waals surface area contributed by atoms with Crippen LogP contribution < -0.4 is 11.1 Å². The molecule has 0 saturated carbocycles. The lowest BCUT2D eigenvalue weighted by molar-refractivity contribution is -0.432. The standard InChI is InChI=1S/C37H30N8O8S2/c1-21-17-33(22(2)16-32(21)43-41-27-12-10-26(11-13-27)40-42-29-4-3-5-30(20-29)54-52-50-48)44-45-35-34(55-53-51-49)19-24-18-28(14-15-31(24)36(35)46)39-37(47)23-6-8-25(38)9-7-23/h3-20,46,48-49H,38H2,1-2H3,(H,39,47). The average Bonchev–Trinajstić information content (AvgIpc) is 3.19. The van der Waals surface area contributed by atoms with Crippen LogP contribution in [0, 0.1) is 13.8 Å². The number of nitrogens with zero attached hydrogens (tertiary/aromatic N) is 6. The number of anilines is 2. The molecule has 0 saturated heterocycles. The van der Waals surface area contributed by atoms with Crippen molar-refractivity contribution in [3.8, 4) is 5.75 Å². The molecule has 6 aromatic rings. The van der Waals surface area contributed by atoms with E-state index >= 15 is 0 Å². The van der Waals surface area contributed by atoms with Crippen LogP contribution in [0.1, 0.15) is 21.5 Å². The quantitative estimate of drug-likeness (QED) is 0.0230. The Morgan fingerprint density at radius 3 is 1.96 bits per heavy atom. The largest absolute Gasteiger partial charge is 0.505 e. The van der Waals surface area contributed by atoms with Gasteiger partial charge in [-0.2, -0.15) is 25.6 Å². The van der Waals surface area contributed by atoms with E-state index in [9.17, 15) is 9.90 Å². The smallest absolute Gasteiger partial charge is 0.255 e. The van der Waals surface area contributed by atoms with Gasteiger partial charge in [0.15, 0.2) is 5.75 Å². The zero-order valence-electron chi connectivity index (χ0n) is 28.9. The molecule has 0 aliphatic rings. The molecule has 0 fully saturated rings. The minimum atomic E-state index is -0.338. The Morgan fingerprint density at radius 1 is 0.673 bits per heavy atom. The predicted octanol–water partition coefficient (Wildman–Crippen LogP) is 12.1. The zero-order chi connectivity index (χ0) is 38.7. The van der Waals surface area contributed by atoms with Gasteiger partial charge in [0.2, 0.25) is 0 Å². The second kappa shape index (κ2) is 18.3. The van der Waals surface area contributed by atoms with E-state index in [4.69, 9.17) is 16.2 Å². The maximum Gasteiger partial charge on any atom is 0.255 e. The Morgan fingerprint density at radius 2 is 1.29 bits per heavy atom. The number of hydrogen-bond acceptors (Lipinski definition) is 17. The summed E-state index contributed by atoms with van der Waals surface area (Å²) in [7, 11) is 0. The first-order chi connectivity index (χ1) is 26.7. The second-order valence-corrected chi connectivity index (χ2v) is 13.1. The summed E-state index contributed by atoms with van der Waals surface area (Å²) in [6.45, 7) is 3.70. The number of carbonyl (C=O) groups is 1. The van der Waals surface area contributed by atoms with Gasteiger partial charge in [0, 0.05) is 27.2 Å². The Hall–Kier alpha value is -6.09. The van der Waals surface area contributed by atoms with E-state index in [1.165, 1.54) is 0 Å². The number of fused-ring (bicyclic) bond motifs is 1. The van der Waals surface area contributed by atoms with Gasteiger partial charge in [-0.3, -0.25) is 4.79 Å². The molecule has 16 nitrogen and oxygen atoms in total. The molecule has 18 heteroatoms. The molecule has 0 radical (unpaired) electrons. The molecule has 0 heterocycles. The molecule has 0 aliphatic heterocycles. The van der Waals surface area contributed by atoms with E-state index < -0.39 is 0 Å². The number of aryl methyl sites for hydroxylation is 2. The molecule has 0 spiro atoms. The van der Waals surface area contributed by atoms with Crippen molar-refractivity contribution >= 4 is 86.3 Å². The lowest BCUT2D eigenvalue weighted by Gasteiger charge is -2.11. The number of phenolic OH excluding ortho intramolecular Hbond substituents is 1. The van der Waals surface area contributed by atoms with Gasteiger partial charge in [0.25, 0.3) is 5.91 Å². The molecule has 0 unspecified atom stereocenters. The molecule has 6 rings (SSSR count). The SMILES string of the molecule is Cc1cc(N=Nc2c(SOOO)cc3cc(NC(=O)c4ccc(N)cc4)ccc3c2O)c(C)cc1N=Nc1ccc(N=Nc2cccc(SOOO)c2)cc1. The van der Waals surface area contributed by atoms with Gasteiger partial charge in [-0.15, -0.1) is 13.8 Å². The number of amides is 1. The number of aromatic hydroxyl groups is 1. The fourth-order valence-corrected chi connectivity index (χ4v) is 5.96. The van der Waals surface area contributed by atoms with Crippen molar-refractivity contribution < 1.29 is 39.2 Å². The van der Waals surface area contributed by atoms with E-state index in [0.717, 1.165) is 23.2 Å². The van der Waals surface area contributed by atoms with Crippen LogP contribution in [-0.2, 0) is 18.7 Å². The van der Waals surface area contributed by atoms with E-state index in [1.807, 2.05) is 19.9 Å². The van der Waals surface area contributed by atoms with Crippen molar-refractivity contribution in [1.29, 1.82) is 0 Å². The van der Waals surface area contributed by atoms with Gasteiger partial charge in [0.1, 0.15) is 5.69 Å². The normalized spacial score (nSPS) is 11.7. The van der Waals surface area contributed by atoms with Gasteiger partial charge >= 0.3 is 0 Å². The van der Waals surface area contributed by atoms with Gasteiger partial charge < -0.3 is 16.2 Å². The summed E-state index contributed by atoms with van der Waals surface area (Å²) in [5, 5.41) is 65.7. The van der Waals surface area contributed by atoms with Crippen LogP contribution in [0.25, 0.3) is 10.8 Å². The third-order valence-electron chi connectivity index (χ3n) is 7.79. The molecule has 278 valence electrons. The number of azo groups is 3. The third-order valence-corrected chi connectivity index (χ3v) is 8.99. The molecule has 0 aromatic heterocycles. The van der Waals surface area contributed by atoms with E-state index in [0.29, 0.717) is 73.1 Å². The van der Waals surface area contributed by atoms with Crippen molar-refractivity contribution in [2.24, 2.45) is 30.7 Å². The highest BCUT2D eigenvalue weighted by molar-refractivity contribution is 7.94. The maximum absolute atomic E-state index is 12.8. The predicted molar refractivity (Wildman–Crippen MR) is 207 cm³/mol.